The lowest BCUT2D eigenvalue weighted by atomic mass is 9.96. The molecule has 24 heavy (non-hydrogen) atoms. The topological polar surface area (TPSA) is 75.3 Å². The van der Waals surface area contributed by atoms with Gasteiger partial charge in [0, 0.05) is 17.5 Å². The molecule has 0 atom stereocenters. The van der Waals surface area contributed by atoms with E-state index < -0.39 is 10.0 Å². The Kier molecular flexibility index (Phi) is 4.43. The molecule has 0 bridgehead atoms. The monoisotopic (exact) mass is 344 g/mol. The largest absolute Gasteiger partial charge is 0.351 e. The summed E-state index contributed by atoms with van der Waals surface area (Å²) in [5.74, 6) is -0.189. The van der Waals surface area contributed by atoms with Crippen LogP contribution in [0.2, 0.25) is 0 Å². The fourth-order valence-corrected chi connectivity index (χ4v) is 3.50. The maximum absolute atomic E-state index is 12.3. The van der Waals surface area contributed by atoms with Crippen LogP contribution in [0, 0.1) is 0 Å². The van der Waals surface area contributed by atoms with Crippen LogP contribution in [0.5, 0.6) is 0 Å². The second-order valence-corrected chi connectivity index (χ2v) is 7.95. The van der Waals surface area contributed by atoms with E-state index in [1.807, 2.05) is 18.2 Å². The summed E-state index contributed by atoms with van der Waals surface area (Å²) in [6.07, 6.45) is 2.13. The van der Waals surface area contributed by atoms with Crippen LogP contribution in [0.25, 0.3) is 0 Å². The number of hydrogen-bond donors (Lipinski definition) is 2. The second kappa shape index (κ2) is 6.37. The summed E-state index contributed by atoms with van der Waals surface area (Å²) in [5, 5.41) is 2.97. The lowest BCUT2D eigenvalue weighted by Gasteiger charge is -2.16. The Labute approximate surface area is 142 Å². The third-order valence-corrected chi connectivity index (χ3v) is 5.95. The Morgan fingerprint density at radius 2 is 1.67 bits per heavy atom. The van der Waals surface area contributed by atoms with Crippen molar-refractivity contribution in [1.82, 2.24) is 10.0 Å². The predicted molar refractivity (Wildman–Crippen MR) is 92.4 cm³/mol. The highest BCUT2D eigenvalue weighted by Gasteiger charge is 2.44. The number of carbonyl (C=O) groups is 1. The van der Waals surface area contributed by atoms with Gasteiger partial charge in [0.25, 0.3) is 5.91 Å². The molecule has 1 aliphatic rings. The van der Waals surface area contributed by atoms with Gasteiger partial charge in [0.15, 0.2) is 0 Å². The minimum atomic E-state index is -3.48. The fourth-order valence-electron chi connectivity index (χ4n) is 2.76. The third-order valence-electron chi connectivity index (χ3n) is 4.52. The van der Waals surface area contributed by atoms with Crippen molar-refractivity contribution in [3.8, 4) is 0 Å². The minimum absolute atomic E-state index is 0.0479. The molecule has 5 nitrogen and oxygen atoms in total. The summed E-state index contributed by atoms with van der Waals surface area (Å²) in [4.78, 5) is 12.4. The number of amides is 1. The standard InChI is InChI=1S/C18H20N2O3S/c1-19-24(22,23)16-9-7-14(8-10-16)17(21)20-13-18(11-12-18)15-5-3-2-4-6-15/h2-10,19H,11-13H2,1H3,(H,20,21). The van der Waals surface area contributed by atoms with Crippen LogP contribution in [0.3, 0.4) is 0 Å². The average Bonchev–Trinajstić information content (AvgIpc) is 3.42. The Morgan fingerprint density at radius 1 is 1.04 bits per heavy atom. The zero-order valence-electron chi connectivity index (χ0n) is 13.5. The van der Waals surface area contributed by atoms with Crippen molar-refractivity contribution in [2.75, 3.05) is 13.6 Å². The van der Waals surface area contributed by atoms with E-state index in [9.17, 15) is 13.2 Å². The van der Waals surface area contributed by atoms with E-state index in [1.165, 1.54) is 36.9 Å². The van der Waals surface area contributed by atoms with E-state index in [4.69, 9.17) is 0 Å². The Hall–Kier alpha value is -2.18. The smallest absolute Gasteiger partial charge is 0.251 e. The fraction of sp³-hybridized carbons (Fsp3) is 0.278. The van der Waals surface area contributed by atoms with Gasteiger partial charge in [-0.15, -0.1) is 0 Å². The summed E-state index contributed by atoms with van der Waals surface area (Å²) in [7, 11) is -2.13. The number of hydrogen-bond acceptors (Lipinski definition) is 3. The zero-order chi connectivity index (χ0) is 17.2. The molecule has 2 N–H and O–H groups in total. The van der Waals surface area contributed by atoms with Gasteiger partial charge in [-0.05, 0) is 49.7 Å². The van der Waals surface area contributed by atoms with E-state index in [0.29, 0.717) is 12.1 Å². The Bertz CT molecular complexity index is 826. The highest BCUT2D eigenvalue weighted by atomic mass is 32.2. The number of benzene rings is 2. The van der Waals surface area contributed by atoms with Crippen LogP contribution in [0.1, 0.15) is 28.8 Å². The van der Waals surface area contributed by atoms with Gasteiger partial charge in [-0.1, -0.05) is 30.3 Å². The van der Waals surface area contributed by atoms with E-state index in [-0.39, 0.29) is 16.2 Å². The Balaban J connectivity index is 1.66. The summed E-state index contributed by atoms with van der Waals surface area (Å²) >= 11 is 0. The predicted octanol–water partition coefficient (Wildman–Crippen LogP) is 2.06. The summed E-state index contributed by atoms with van der Waals surface area (Å²) in [6.45, 7) is 0.590. The highest BCUT2D eigenvalue weighted by molar-refractivity contribution is 7.89. The molecule has 0 radical (unpaired) electrons. The molecule has 3 rings (SSSR count). The molecule has 0 heterocycles. The maximum Gasteiger partial charge on any atom is 0.251 e. The lowest BCUT2D eigenvalue weighted by Crippen LogP contribution is -2.32. The minimum Gasteiger partial charge on any atom is -0.351 e. The molecule has 2 aromatic rings. The zero-order valence-corrected chi connectivity index (χ0v) is 14.3. The normalized spacial score (nSPS) is 15.7. The summed E-state index contributed by atoms with van der Waals surface area (Å²) in [6, 6.07) is 16.1. The van der Waals surface area contributed by atoms with Crippen molar-refractivity contribution in [2.45, 2.75) is 23.2 Å². The average molecular weight is 344 g/mol. The van der Waals surface area contributed by atoms with Gasteiger partial charge in [0.1, 0.15) is 0 Å². The van der Waals surface area contributed by atoms with Crippen LogP contribution in [0.4, 0.5) is 0 Å². The number of rotatable bonds is 6. The first-order chi connectivity index (χ1) is 11.5. The molecule has 2 aromatic carbocycles. The first-order valence-corrected chi connectivity index (χ1v) is 9.33. The van der Waals surface area contributed by atoms with Gasteiger partial charge in [-0.2, -0.15) is 0 Å². The van der Waals surface area contributed by atoms with Gasteiger partial charge < -0.3 is 5.32 Å². The van der Waals surface area contributed by atoms with Crippen LogP contribution in [-0.4, -0.2) is 27.9 Å². The first kappa shape index (κ1) is 16.7. The Morgan fingerprint density at radius 3 is 2.21 bits per heavy atom. The molecule has 1 aliphatic carbocycles. The van der Waals surface area contributed by atoms with Crippen LogP contribution < -0.4 is 10.0 Å². The van der Waals surface area contributed by atoms with Crippen molar-refractivity contribution in [2.24, 2.45) is 0 Å². The first-order valence-electron chi connectivity index (χ1n) is 7.84. The highest BCUT2D eigenvalue weighted by Crippen LogP contribution is 2.47. The van der Waals surface area contributed by atoms with Crippen molar-refractivity contribution < 1.29 is 13.2 Å². The van der Waals surface area contributed by atoms with Crippen molar-refractivity contribution in [3.05, 3.63) is 65.7 Å². The second-order valence-electron chi connectivity index (χ2n) is 6.06. The number of sulfonamides is 1. The molecule has 1 fully saturated rings. The van der Waals surface area contributed by atoms with Gasteiger partial charge in [-0.25, -0.2) is 13.1 Å². The molecule has 0 spiro atoms. The third kappa shape index (κ3) is 3.34. The summed E-state index contributed by atoms with van der Waals surface area (Å²) < 4.78 is 25.6. The molecule has 0 unspecified atom stereocenters. The van der Waals surface area contributed by atoms with Crippen LogP contribution in [0.15, 0.2) is 59.5 Å². The molecule has 126 valence electrons. The summed E-state index contributed by atoms with van der Waals surface area (Å²) in [5.41, 5.74) is 1.75. The molecule has 1 saturated carbocycles. The van der Waals surface area contributed by atoms with Gasteiger partial charge in [0.2, 0.25) is 10.0 Å². The van der Waals surface area contributed by atoms with E-state index in [0.717, 1.165) is 12.8 Å². The quantitative estimate of drug-likeness (QED) is 0.842. The number of nitrogens with one attached hydrogen (secondary N) is 2. The molecular weight excluding hydrogens is 324 g/mol. The number of carbonyl (C=O) groups excluding carboxylic acids is 1. The van der Waals surface area contributed by atoms with E-state index >= 15 is 0 Å². The molecular formula is C18H20N2O3S. The van der Waals surface area contributed by atoms with Crippen molar-refractivity contribution in [1.29, 1.82) is 0 Å². The SMILES string of the molecule is CNS(=O)(=O)c1ccc(C(=O)NCC2(c3ccccc3)CC2)cc1. The van der Waals surface area contributed by atoms with Crippen molar-refractivity contribution >= 4 is 15.9 Å². The molecule has 1 amide bonds. The van der Waals surface area contributed by atoms with E-state index in [1.54, 1.807) is 0 Å². The van der Waals surface area contributed by atoms with Crippen LogP contribution in [-0.2, 0) is 15.4 Å². The molecule has 6 heteroatoms. The van der Waals surface area contributed by atoms with E-state index in [2.05, 4.69) is 22.2 Å². The molecule has 0 aromatic heterocycles. The lowest BCUT2D eigenvalue weighted by molar-refractivity contribution is 0.0949. The molecule has 0 saturated heterocycles. The van der Waals surface area contributed by atoms with Crippen LogP contribution >= 0.6 is 0 Å². The van der Waals surface area contributed by atoms with Crippen molar-refractivity contribution in [3.63, 3.8) is 0 Å². The van der Waals surface area contributed by atoms with Gasteiger partial charge in [-0.3, -0.25) is 4.79 Å². The molecule has 0 aliphatic heterocycles. The maximum atomic E-state index is 12.3. The van der Waals surface area contributed by atoms with Gasteiger partial charge in [0.05, 0.1) is 4.90 Å². The van der Waals surface area contributed by atoms with Gasteiger partial charge >= 0.3 is 0 Å².